The molecule has 46 heavy (non-hydrogen) atoms. The molecule has 3 aromatic rings. The maximum atomic E-state index is 13.9. The van der Waals surface area contributed by atoms with Gasteiger partial charge in [-0.15, -0.1) is 0 Å². The number of pyridine rings is 1. The van der Waals surface area contributed by atoms with Gasteiger partial charge in [-0.25, -0.2) is 13.8 Å². The largest absolute Gasteiger partial charge is 0.487 e. The van der Waals surface area contributed by atoms with Crippen LogP contribution < -0.4 is 25.4 Å². The SMILES string of the molecule is O=C(NNC(=O)c1ccc(I)cc1N1CCC2(CC1)CC2)c1ccc(OCCOCc2ccccc2)c(N2CCC(F)(F)CC2)n1. The number of rotatable bonds is 10. The molecule has 0 radical (unpaired) electrons. The third kappa shape index (κ3) is 8.06. The molecule has 3 fully saturated rings. The molecule has 1 aliphatic carbocycles. The number of ether oxygens (including phenoxy) is 2. The smallest absolute Gasteiger partial charge is 0.288 e. The van der Waals surface area contributed by atoms with Crippen LogP contribution in [-0.2, 0) is 11.3 Å². The van der Waals surface area contributed by atoms with Crippen molar-refractivity contribution in [1.29, 1.82) is 0 Å². The molecule has 1 saturated carbocycles. The molecule has 12 heteroatoms. The fourth-order valence-electron chi connectivity index (χ4n) is 6.02. The minimum Gasteiger partial charge on any atom is -0.487 e. The van der Waals surface area contributed by atoms with Gasteiger partial charge in [0, 0.05) is 42.6 Å². The second-order valence-corrected chi connectivity index (χ2v) is 13.6. The van der Waals surface area contributed by atoms with E-state index in [0.29, 0.717) is 35.8 Å². The third-order valence-corrected chi connectivity index (χ3v) is 9.75. The lowest BCUT2D eigenvalue weighted by molar-refractivity contribution is -0.0222. The fraction of sp³-hybridized carbons (Fsp3) is 0.441. The average molecular weight is 746 g/mol. The van der Waals surface area contributed by atoms with Gasteiger partial charge in [0.25, 0.3) is 17.7 Å². The van der Waals surface area contributed by atoms with E-state index in [1.54, 1.807) is 17.0 Å². The van der Waals surface area contributed by atoms with E-state index in [2.05, 4.69) is 43.3 Å². The molecule has 3 aliphatic rings. The number of nitrogens with one attached hydrogen (secondary N) is 2. The van der Waals surface area contributed by atoms with Crippen LogP contribution in [0.25, 0.3) is 0 Å². The summed E-state index contributed by atoms with van der Waals surface area (Å²) in [4.78, 5) is 34.9. The standard InChI is InChI=1S/C34H38F2IN5O4/c35-34(36)14-18-42(19-15-34)30-29(46-21-20-45-23-24-4-2-1-3-5-24)9-8-27(38-30)32(44)40-39-31(43)26-7-6-25(37)22-28(26)41-16-12-33(10-11-33)13-17-41/h1-9,22H,10-21,23H2,(H,39,43)(H,40,44). The van der Waals surface area contributed by atoms with Crippen LogP contribution in [0.4, 0.5) is 20.3 Å². The zero-order chi connectivity index (χ0) is 32.1. The quantitative estimate of drug-likeness (QED) is 0.150. The molecule has 2 aromatic carbocycles. The number of hydrogen-bond donors (Lipinski definition) is 2. The van der Waals surface area contributed by atoms with Gasteiger partial charge in [-0.05, 0) is 89.6 Å². The first-order chi connectivity index (χ1) is 22.2. The van der Waals surface area contributed by atoms with E-state index in [9.17, 15) is 18.4 Å². The van der Waals surface area contributed by atoms with Crippen molar-refractivity contribution in [3.8, 4) is 5.75 Å². The Balaban J connectivity index is 1.10. The summed E-state index contributed by atoms with van der Waals surface area (Å²) in [5.74, 6) is -3.14. The average Bonchev–Trinajstić information content (AvgIpc) is 3.82. The van der Waals surface area contributed by atoms with Crippen LogP contribution in [0.1, 0.15) is 64.9 Å². The lowest BCUT2D eigenvalue weighted by Gasteiger charge is -2.35. The van der Waals surface area contributed by atoms with Crippen molar-refractivity contribution >= 4 is 45.9 Å². The highest BCUT2D eigenvalue weighted by atomic mass is 127. The molecule has 1 aromatic heterocycles. The van der Waals surface area contributed by atoms with Gasteiger partial charge in [-0.1, -0.05) is 30.3 Å². The highest BCUT2D eigenvalue weighted by Gasteiger charge is 2.44. The summed E-state index contributed by atoms with van der Waals surface area (Å²) >= 11 is 2.24. The number of anilines is 2. The molecule has 2 saturated heterocycles. The number of nitrogens with zero attached hydrogens (tertiary/aromatic N) is 3. The zero-order valence-electron chi connectivity index (χ0n) is 25.6. The molecule has 2 N–H and O–H groups in total. The second kappa shape index (κ2) is 14.1. The van der Waals surface area contributed by atoms with Crippen LogP contribution in [0, 0.1) is 8.99 Å². The van der Waals surface area contributed by atoms with E-state index < -0.39 is 17.7 Å². The third-order valence-electron chi connectivity index (χ3n) is 9.08. The van der Waals surface area contributed by atoms with Gasteiger partial charge in [0.05, 0.1) is 24.5 Å². The number of alkyl halides is 2. The monoisotopic (exact) mass is 745 g/mol. The van der Waals surface area contributed by atoms with Crippen LogP contribution in [0.15, 0.2) is 60.7 Å². The van der Waals surface area contributed by atoms with Gasteiger partial charge in [-0.2, -0.15) is 0 Å². The molecule has 244 valence electrons. The Morgan fingerprint density at radius 1 is 0.826 bits per heavy atom. The normalized spacial score (nSPS) is 18.2. The lowest BCUT2D eigenvalue weighted by Crippen LogP contribution is -2.43. The van der Waals surface area contributed by atoms with E-state index in [0.717, 1.165) is 40.8 Å². The molecular formula is C34H38F2IN5O4. The predicted molar refractivity (Wildman–Crippen MR) is 179 cm³/mol. The van der Waals surface area contributed by atoms with Crippen molar-refractivity contribution in [2.24, 2.45) is 5.41 Å². The fourth-order valence-corrected chi connectivity index (χ4v) is 6.50. The first kappa shape index (κ1) is 32.4. The van der Waals surface area contributed by atoms with Crippen LogP contribution in [0.2, 0.25) is 0 Å². The van der Waals surface area contributed by atoms with Gasteiger partial charge >= 0.3 is 0 Å². The summed E-state index contributed by atoms with van der Waals surface area (Å²) in [6.07, 6.45) is 4.19. The molecule has 3 heterocycles. The number of carbonyl (C=O) groups excluding carboxylic acids is 2. The Morgan fingerprint density at radius 2 is 1.52 bits per heavy atom. The van der Waals surface area contributed by atoms with E-state index in [1.165, 1.54) is 18.9 Å². The second-order valence-electron chi connectivity index (χ2n) is 12.3. The Labute approximate surface area is 281 Å². The topological polar surface area (TPSA) is 96.0 Å². The maximum absolute atomic E-state index is 13.9. The molecular weight excluding hydrogens is 707 g/mol. The number of halogens is 3. The van der Waals surface area contributed by atoms with Crippen LogP contribution in [0.3, 0.4) is 0 Å². The first-order valence-electron chi connectivity index (χ1n) is 15.7. The number of aromatic nitrogens is 1. The van der Waals surface area contributed by atoms with Crippen molar-refractivity contribution in [1.82, 2.24) is 15.8 Å². The van der Waals surface area contributed by atoms with Crippen LogP contribution in [0.5, 0.6) is 5.75 Å². The molecule has 6 rings (SSSR count). The number of carbonyl (C=O) groups is 2. The van der Waals surface area contributed by atoms with E-state index in [1.807, 2.05) is 42.5 Å². The van der Waals surface area contributed by atoms with Gasteiger partial charge < -0.3 is 19.3 Å². The van der Waals surface area contributed by atoms with E-state index >= 15 is 0 Å². The Hall–Kier alpha value is -3.52. The predicted octanol–water partition coefficient (Wildman–Crippen LogP) is 5.97. The van der Waals surface area contributed by atoms with Gasteiger partial charge in [0.1, 0.15) is 12.3 Å². The van der Waals surface area contributed by atoms with Gasteiger partial charge in [0.15, 0.2) is 11.6 Å². The summed E-state index contributed by atoms with van der Waals surface area (Å²) in [6, 6.07) is 18.5. The number of hydrogen-bond acceptors (Lipinski definition) is 7. The highest BCUT2D eigenvalue weighted by molar-refractivity contribution is 14.1. The minimum atomic E-state index is -2.75. The molecule has 9 nitrogen and oxygen atoms in total. The van der Waals surface area contributed by atoms with Crippen molar-refractivity contribution in [3.05, 3.63) is 81.1 Å². The van der Waals surface area contributed by atoms with E-state index in [4.69, 9.17) is 9.47 Å². The lowest BCUT2D eigenvalue weighted by atomic mass is 9.93. The van der Waals surface area contributed by atoms with Crippen molar-refractivity contribution in [3.63, 3.8) is 0 Å². The first-order valence-corrected chi connectivity index (χ1v) is 16.8. The minimum absolute atomic E-state index is 0.0221. The molecule has 0 unspecified atom stereocenters. The summed E-state index contributed by atoms with van der Waals surface area (Å²) < 4.78 is 40.6. The Morgan fingerprint density at radius 3 is 2.24 bits per heavy atom. The Kier molecular flexibility index (Phi) is 9.92. The number of amides is 2. The molecule has 0 bridgehead atoms. The molecule has 1 spiro atoms. The van der Waals surface area contributed by atoms with E-state index in [-0.39, 0.29) is 38.2 Å². The molecule has 0 atom stereocenters. The van der Waals surface area contributed by atoms with Gasteiger partial charge in [-0.3, -0.25) is 20.4 Å². The molecule has 2 aliphatic heterocycles. The highest BCUT2D eigenvalue weighted by Crippen LogP contribution is 2.54. The summed E-state index contributed by atoms with van der Waals surface area (Å²) in [5.41, 5.74) is 7.93. The Bertz CT molecular complexity index is 1540. The number of benzene rings is 2. The maximum Gasteiger partial charge on any atom is 0.288 e. The number of piperidine rings is 2. The van der Waals surface area contributed by atoms with Crippen molar-refractivity contribution in [2.45, 2.75) is 51.1 Å². The van der Waals surface area contributed by atoms with Crippen molar-refractivity contribution < 1.29 is 27.8 Å². The zero-order valence-corrected chi connectivity index (χ0v) is 27.7. The molecule has 2 amide bonds. The van der Waals surface area contributed by atoms with Gasteiger partial charge in [0.2, 0.25) is 0 Å². The van der Waals surface area contributed by atoms with Crippen LogP contribution >= 0.6 is 22.6 Å². The summed E-state index contributed by atoms with van der Waals surface area (Å²) in [6.45, 7) is 2.88. The summed E-state index contributed by atoms with van der Waals surface area (Å²) in [5, 5.41) is 0. The van der Waals surface area contributed by atoms with Crippen LogP contribution in [-0.4, -0.2) is 62.1 Å². The number of hydrazine groups is 1. The van der Waals surface area contributed by atoms with Crippen molar-refractivity contribution in [2.75, 3.05) is 49.2 Å². The summed E-state index contributed by atoms with van der Waals surface area (Å²) in [7, 11) is 0.